The van der Waals surface area contributed by atoms with E-state index in [9.17, 15) is 5.11 Å². The quantitative estimate of drug-likeness (QED) is 0.666. The molecule has 0 spiro atoms. The molecule has 0 aliphatic carbocycles. The van der Waals surface area contributed by atoms with Crippen molar-refractivity contribution < 1.29 is 5.11 Å². The van der Waals surface area contributed by atoms with Crippen molar-refractivity contribution in [2.75, 3.05) is 13.1 Å². The molecule has 0 aromatic heterocycles. The van der Waals surface area contributed by atoms with Crippen LogP contribution < -0.4 is 0 Å². The molecule has 0 bridgehead atoms. The van der Waals surface area contributed by atoms with E-state index in [2.05, 4.69) is 18.7 Å². The third-order valence-corrected chi connectivity index (χ3v) is 2.49. The molecule has 1 rings (SSSR count). The molecule has 1 aliphatic rings. The first kappa shape index (κ1) is 9.01. The third-order valence-electron chi connectivity index (χ3n) is 2.49. The largest absolute Gasteiger partial charge is 0.392 e. The molecule has 0 aromatic carbocycles. The van der Waals surface area contributed by atoms with Gasteiger partial charge in [-0.05, 0) is 25.8 Å². The smallest absolute Gasteiger partial charge is 0.0682 e. The first-order chi connectivity index (χ1) is 5.27. The fourth-order valence-electron chi connectivity index (χ4n) is 1.94. The van der Waals surface area contributed by atoms with Gasteiger partial charge in [-0.25, -0.2) is 0 Å². The zero-order valence-corrected chi connectivity index (χ0v) is 7.58. The summed E-state index contributed by atoms with van der Waals surface area (Å²) in [5.41, 5.74) is 0. The van der Waals surface area contributed by atoms with Crippen LogP contribution in [0.25, 0.3) is 0 Å². The average molecular weight is 157 g/mol. The lowest BCUT2D eigenvalue weighted by molar-refractivity contribution is 0.175. The zero-order valence-electron chi connectivity index (χ0n) is 7.58. The molecule has 0 saturated carbocycles. The Kier molecular flexibility index (Phi) is 3.34. The van der Waals surface area contributed by atoms with Gasteiger partial charge < -0.3 is 5.11 Å². The van der Waals surface area contributed by atoms with E-state index in [1.807, 2.05) is 0 Å². The molecule has 11 heavy (non-hydrogen) atoms. The topological polar surface area (TPSA) is 23.5 Å². The molecular weight excluding hydrogens is 138 g/mol. The van der Waals surface area contributed by atoms with Gasteiger partial charge in [-0.15, -0.1) is 0 Å². The van der Waals surface area contributed by atoms with Crippen LogP contribution >= 0.6 is 0 Å². The van der Waals surface area contributed by atoms with E-state index < -0.39 is 0 Å². The lowest BCUT2D eigenvalue weighted by atomic mass is 10.1. The Labute approximate surface area is 69.2 Å². The van der Waals surface area contributed by atoms with E-state index in [0.717, 1.165) is 19.5 Å². The number of nitrogens with zero attached hydrogens (tertiary/aromatic N) is 1. The molecule has 0 unspecified atom stereocenters. The number of β-amino-alcohol motifs (C(OH)–C–C–N with tert-alkyl or cyclic N) is 1. The summed E-state index contributed by atoms with van der Waals surface area (Å²) < 4.78 is 0. The van der Waals surface area contributed by atoms with E-state index >= 15 is 0 Å². The number of hydrogen-bond donors (Lipinski definition) is 1. The minimum atomic E-state index is -0.0634. The fraction of sp³-hybridized carbons (Fsp3) is 1.00. The van der Waals surface area contributed by atoms with Crippen LogP contribution in [-0.2, 0) is 0 Å². The second kappa shape index (κ2) is 4.07. The first-order valence-electron chi connectivity index (χ1n) is 4.70. The van der Waals surface area contributed by atoms with Crippen molar-refractivity contribution in [2.24, 2.45) is 0 Å². The molecule has 0 aromatic rings. The molecule has 1 saturated heterocycles. The van der Waals surface area contributed by atoms with Gasteiger partial charge in [0.2, 0.25) is 0 Å². The Morgan fingerprint density at radius 2 is 2.18 bits per heavy atom. The maximum Gasteiger partial charge on any atom is 0.0682 e. The monoisotopic (exact) mass is 157 g/mol. The van der Waals surface area contributed by atoms with Crippen molar-refractivity contribution in [2.45, 2.75) is 45.3 Å². The second-order valence-corrected chi connectivity index (χ2v) is 3.45. The predicted octanol–water partition coefficient (Wildman–Crippen LogP) is 1.24. The van der Waals surface area contributed by atoms with Crippen molar-refractivity contribution in [3.63, 3.8) is 0 Å². The van der Waals surface area contributed by atoms with Gasteiger partial charge in [0.05, 0.1) is 6.10 Å². The third kappa shape index (κ3) is 2.17. The minimum Gasteiger partial charge on any atom is -0.392 e. The highest BCUT2D eigenvalue weighted by molar-refractivity contribution is 4.83. The van der Waals surface area contributed by atoms with Crippen LogP contribution in [0.2, 0.25) is 0 Å². The molecule has 0 amide bonds. The maximum atomic E-state index is 9.39. The molecule has 0 radical (unpaired) electrons. The zero-order chi connectivity index (χ0) is 8.27. The molecule has 66 valence electrons. The Bertz CT molecular complexity index is 116. The maximum absolute atomic E-state index is 9.39. The number of aliphatic hydroxyl groups is 1. The van der Waals surface area contributed by atoms with Crippen molar-refractivity contribution >= 4 is 0 Å². The standard InChI is InChI=1S/C9H19NO/c1-3-5-10-7-9(11)6-8(10)4-2/h8-9,11H,3-7H2,1-2H3/t8-,9+/m1/s1. The minimum absolute atomic E-state index is 0.0634. The number of hydrogen-bond acceptors (Lipinski definition) is 2. The number of rotatable bonds is 3. The van der Waals surface area contributed by atoms with Crippen molar-refractivity contribution in [1.82, 2.24) is 4.90 Å². The van der Waals surface area contributed by atoms with E-state index in [-0.39, 0.29) is 6.10 Å². The van der Waals surface area contributed by atoms with Gasteiger partial charge in [0.1, 0.15) is 0 Å². The summed E-state index contributed by atoms with van der Waals surface area (Å²) in [6.07, 6.45) is 3.29. The van der Waals surface area contributed by atoms with Crippen molar-refractivity contribution in [3.05, 3.63) is 0 Å². The first-order valence-corrected chi connectivity index (χ1v) is 4.70. The number of aliphatic hydroxyl groups excluding tert-OH is 1. The van der Waals surface area contributed by atoms with Gasteiger partial charge >= 0.3 is 0 Å². The van der Waals surface area contributed by atoms with E-state index in [0.29, 0.717) is 6.04 Å². The van der Waals surface area contributed by atoms with Crippen molar-refractivity contribution in [3.8, 4) is 0 Å². The van der Waals surface area contributed by atoms with Crippen LogP contribution in [-0.4, -0.2) is 35.2 Å². The molecule has 2 atom stereocenters. The summed E-state index contributed by atoms with van der Waals surface area (Å²) in [6.45, 7) is 6.44. The second-order valence-electron chi connectivity index (χ2n) is 3.45. The molecular formula is C9H19NO. The predicted molar refractivity (Wildman–Crippen MR) is 46.6 cm³/mol. The molecule has 2 heteroatoms. The van der Waals surface area contributed by atoms with Gasteiger partial charge in [0.15, 0.2) is 0 Å². The molecule has 2 nitrogen and oxygen atoms in total. The van der Waals surface area contributed by atoms with Crippen LogP contribution in [0.5, 0.6) is 0 Å². The number of likely N-dealkylation sites (tertiary alicyclic amines) is 1. The summed E-state index contributed by atoms with van der Waals surface area (Å²) in [4.78, 5) is 2.41. The summed E-state index contributed by atoms with van der Waals surface area (Å²) in [5.74, 6) is 0. The van der Waals surface area contributed by atoms with Crippen LogP contribution in [0, 0.1) is 0 Å². The SMILES string of the molecule is CCCN1C[C@@H](O)C[C@H]1CC. The van der Waals surface area contributed by atoms with Crippen LogP contribution in [0.3, 0.4) is 0 Å². The average Bonchev–Trinajstić information content (AvgIpc) is 2.32. The summed E-state index contributed by atoms with van der Waals surface area (Å²) in [6, 6.07) is 0.643. The molecule has 1 aliphatic heterocycles. The summed E-state index contributed by atoms with van der Waals surface area (Å²) in [7, 11) is 0. The van der Waals surface area contributed by atoms with Crippen LogP contribution in [0.15, 0.2) is 0 Å². The lowest BCUT2D eigenvalue weighted by Gasteiger charge is -2.21. The van der Waals surface area contributed by atoms with Gasteiger partial charge in [-0.2, -0.15) is 0 Å². The Hall–Kier alpha value is -0.0800. The summed E-state index contributed by atoms with van der Waals surface area (Å²) >= 11 is 0. The van der Waals surface area contributed by atoms with E-state index in [1.165, 1.54) is 12.8 Å². The van der Waals surface area contributed by atoms with Crippen molar-refractivity contribution in [1.29, 1.82) is 0 Å². The van der Waals surface area contributed by atoms with Crippen LogP contribution in [0.4, 0.5) is 0 Å². The van der Waals surface area contributed by atoms with Gasteiger partial charge in [-0.3, -0.25) is 4.90 Å². The summed E-state index contributed by atoms with van der Waals surface area (Å²) in [5, 5.41) is 9.39. The normalized spacial score (nSPS) is 33.0. The van der Waals surface area contributed by atoms with Crippen LogP contribution in [0.1, 0.15) is 33.1 Å². The fourth-order valence-corrected chi connectivity index (χ4v) is 1.94. The van der Waals surface area contributed by atoms with Gasteiger partial charge in [0.25, 0.3) is 0 Å². The van der Waals surface area contributed by atoms with Gasteiger partial charge in [0, 0.05) is 12.6 Å². The molecule has 1 fully saturated rings. The van der Waals surface area contributed by atoms with E-state index in [1.54, 1.807) is 0 Å². The Balaban J connectivity index is 2.37. The highest BCUT2D eigenvalue weighted by atomic mass is 16.3. The Morgan fingerprint density at radius 1 is 1.45 bits per heavy atom. The molecule has 1 heterocycles. The van der Waals surface area contributed by atoms with Gasteiger partial charge in [-0.1, -0.05) is 13.8 Å². The highest BCUT2D eigenvalue weighted by Gasteiger charge is 2.28. The van der Waals surface area contributed by atoms with E-state index in [4.69, 9.17) is 0 Å². The Morgan fingerprint density at radius 3 is 2.73 bits per heavy atom. The lowest BCUT2D eigenvalue weighted by Crippen LogP contribution is -2.29. The molecule has 1 N–H and O–H groups in total. The highest BCUT2D eigenvalue weighted by Crippen LogP contribution is 2.19.